The monoisotopic (exact) mass is 408 g/mol. The molecule has 0 fully saturated rings. The molecule has 0 heterocycles. The number of benzene rings is 3. The van der Waals surface area contributed by atoms with Crippen molar-refractivity contribution >= 4 is 27.6 Å². The maximum atomic E-state index is 5.60. The first-order valence-corrected chi connectivity index (χ1v) is 9.22. The summed E-state index contributed by atoms with van der Waals surface area (Å²) in [5, 5.41) is 0. The largest absolute Gasteiger partial charge is 0.496 e. The van der Waals surface area contributed by atoms with E-state index in [-0.39, 0.29) is 0 Å². The molecule has 3 rings (SSSR count). The van der Waals surface area contributed by atoms with Gasteiger partial charge in [0.1, 0.15) is 11.5 Å². The van der Waals surface area contributed by atoms with Crippen molar-refractivity contribution in [1.82, 2.24) is 0 Å². The number of allylic oxidation sites excluding steroid dienone is 1. The summed E-state index contributed by atoms with van der Waals surface area (Å²) in [7, 11) is 3.41. The molecule has 0 unspecified atom stereocenters. The summed E-state index contributed by atoms with van der Waals surface area (Å²) in [6, 6.07) is 24.4. The minimum atomic E-state index is 0.742. The summed E-state index contributed by atoms with van der Waals surface area (Å²) in [5.74, 6) is 1.75. The van der Waals surface area contributed by atoms with Gasteiger partial charge >= 0.3 is 0 Å². The quantitative estimate of drug-likeness (QED) is 0.448. The molecule has 132 valence electrons. The van der Waals surface area contributed by atoms with Gasteiger partial charge in [0, 0.05) is 16.5 Å². The lowest BCUT2D eigenvalue weighted by Crippen LogP contribution is -1.98. The summed E-state index contributed by atoms with van der Waals surface area (Å²) in [6.07, 6.45) is 2.94. The van der Waals surface area contributed by atoms with Crippen LogP contribution in [0, 0.1) is 0 Å². The fraction of sp³-hybridized carbons (Fsp3) is 0.130. The molecule has 26 heavy (non-hydrogen) atoms. The lowest BCUT2D eigenvalue weighted by molar-refractivity contribution is 0.410. The Bertz CT molecular complexity index is 915. The second-order valence-corrected chi connectivity index (χ2v) is 6.73. The van der Waals surface area contributed by atoms with Crippen molar-refractivity contribution in [3.05, 3.63) is 94.0 Å². The third-order valence-corrected chi connectivity index (χ3v) is 4.98. The van der Waals surface area contributed by atoms with Gasteiger partial charge in [0.25, 0.3) is 0 Å². The van der Waals surface area contributed by atoms with Crippen LogP contribution in [0.5, 0.6) is 11.5 Å². The molecule has 0 saturated heterocycles. The van der Waals surface area contributed by atoms with Crippen molar-refractivity contribution in [2.45, 2.75) is 6.42 Å². The molecule has 3 aromatic rings. The minimum absolute atomic E-state index is 0.742. The lowest BCUT2D eigenvalue weighted by atomic mass is 9.95. The highest BCUT2D eigenvalue weighted by Gasteiger charge is 2.12. The highest BCUT2D eigenvalue weighted by atomic mass is 79.9. The maximum absolute atomic E-state index is 5.60. The van der Waals surface area contributed by atoms with E-state index in [2.05, 4.69) is 46.3 Å². The highest BCUT2D eigenvalue weighted by Crippen LogP contribution is 2.33. The van der Waals surface area contributed by atoms with Gasteiger partial charge in [0.2, 0.25) is 0 Å². The summed E-state index contributed by atoms with van der Waals surface area (Å²) in [4.78, 5) is 0. The molecule has 0 aliphatic carbocycles. The van der Waals surface area contributed by atoms with Crippen LogP contribution in [-0.4, -0.2) is 14.2 Å². The van der Waals surface area contributed by atoms with Crippen molar-refractivity contribution in [2.75, 3.05) is 14.2 Å². The fourth-order valence-electron chi connectivity index (χ4n) is 2.97. The van der Waals surface area contributed by atoms with E-state index >= 15 is 0 Å². The zero-order valence-corrected chi connectivity index (χ0v) is 16.5. The Balaban J connectivity index is 2.12. The molecule has 3 heteroatoms. The van der Waals surface area contributed by atoms with Crippen molar-refractivity contribution in [2.24, 2.45) is 0 Å². The lowest BCUT2D eigenvalue weighted by Gasteiger charge is -2.15. The Hall–Kier alpha value is -2.52. The first-order chi connectivity index (χ1) is 12.7. The summed E-state index contributed by atoms with van der Waals surface area (Å²) < 4.78 is 12.2. The third kappa shape index (κ3) is 4.17. The van der Waals surface area contributed by atoms with E-state index in [1.165, 1.54) is 5.57 Å². The number of hydrogen-bond donors (Lipinski definition) is 0. The second kappa shape index (κ2) is 8.72. The highest BCUT2D eigenvalue weighted by molar-refractivity contribution is 9.10. The summed E-state index contributed by atoms with van der Waals surface area (Å²) >= 11 is 3.65. The van der Waals surface area contributed by atoms with Crippen LogP contribution in [0.4, 0.5) is 0 Å². The molecule has 0 atom stereocenters. The number of hydrogen-bond acceptors (Lipinski definition) is 2. The average Bonchev–Trinajstić information content (AvgIpc) is 2.69. The molecular weight excluding hydrogens is 388 g/mol. The van der Waals surface area contributed by atoms with Gasteiger partial charge in [0.15, 0.2) is 0 Å². The number of rotatable bonds is 6. The topological polar surface area (TPSA) is 18.5 Å². The number of halogens is 1. The minimum Gasteiger partial charge on any atom is -0.496 e. The SMILES string of the molecule is COc1ccccc1C/C(=C\c1ccccc1Br)c1ccccc1OC. The first-order valence-electron chi connectivity index (χ1n) is 8.43. The maximum Gasteiger partial charge on any atom is 0.126 e. The van der Waals surface area contributed by atoms with Gasteiger partial charge in [-0.15, -0.1) is 0 Å². The molecular formula is C23H21BrO2. The predicted octanol–water partition coefficient (Wildman–Crippen LogP) is 6.25. The Morgan fingerprint density at radius 2 is 1.42 bits per heavy atom. The van der Waals surface area contributed by atoms with E-state index in [1.807, 2.05) is 48.5 Å². The molecule has 0 saturated carbocycles. The third-order valence-electron chi connectivity index (χ3n) is 4.26. The zero-order valence-electron chi connectivity index (χ0n) is 14.9. The van der Waals surface area contributed by atoms with Gasteiger partial charge in [-0.05, 0) is 41.0 Å². The first kappa shape index (κ1) is 18.3. The number of para-hydroxylation sites is 2. The van der Waals surface area contributed by atoms with Crippen LogP contribution in [0.2, 0.25) is 0 Å². The molecule has 0 aliphatic rings. The van der Waals surface area contributed by atoms with Crippen molar-refractivity contribution in [3.63, 3.8) is 0 Å². The van der Waals surface area contributed by atoms with Gasteiger partial charge < -0.3 is 9.47 Å². The summed E-state index contributed by atoms with van der Waals surface area (Å²) in [5.41, 5.74) is 4.51. The Morgan fingerprint density at radius 1 is 0.808 bits per heavy atom. The molecule has 0 radical (unpaired) electrons. The van der Waals surface area contributed by atoms with Crippen LogP contribution in [-0.2, 0) is 6.42 Å². The standard InChI is InChI=1S/C23H21BrO2/c1-25-22-13-7-4-10-18(22)16-19(15-17-9-3-6-12-21(17)24)20-11-5-8-14-23(20)26-2/h3-15H,16H2,1-2H3/b19-15+. The van der Waals surface area contributed by atoms with Gasteiger partial charge in [-0.1, -0.05) is 70.5 Å². The van der Waals surface area contributed by atoms with Crippen LogP contribution < -0.4 is 9.47 Å². The predicted molar refractivity (Wildman–Crippen MR) is 112 cm³/mol. The van der Waals surface area contributed by atoms with Gasteiger partial charge in [-0.3, -0.25) is 0 Å². The van der Waals surface area contributed by atoms with E-state index in [0.29, 0.717) is 0 Å². The fourth-order valence-corrected chi connectivity index (χ4v) is 3.37. The van der Waals surface area contributed by atoms with Gasteiger partial charge in [-0.25, -0.2) is 0 Å². The number of ether oxygens (including phenoxy) is 2. The molecule has 0 amide bonds. The zero-order chi connectivity index (χ0) is 18.4. The van der Waals surface area contributed by atoms with E-state index in [9.17, 15) is 0 Å². The molecule has 0 aliphatic heterocycles. The Kier molecular flexibility index (Phi) is 6.13. The molecule has 0 aromatic heterocycles. The van der Waals surface area contributed by atoms with Crippen LogP contribution in [0.1, 0.15) is 16.7 Å². The van der Waals surface area contributed by atoms with Crippen molar-refractivity contribution < 1.29 is 9.47 Å². The van der Waals surface area contributed by atoms with Gasteiger partial charge in [-0.2, -0.15) is 0 Å². The molecule has 0 spiro atoms. The normalized spacial score (nSPS) is 11.3. The van der Waals surface area contributed by atoms with Gasteiger partial charge in [0.05, 0.1) is 14.2 Å². The second-order valence-electron chi connectivity index (χ2n) is 5.88. The van der Waals surface area contributed by atoms with E-state index in [1.54, 1.807) is 14.2 Å². The van der Waals surface area contributed by atoms with Crippen LogP contribution >= 0.6 is 15.9 Å². The Morgan fingerprint density at radius 3 is 2.15 bits per heavy atom. The van der Waals surface area contributed by atoms with E-state index < -0.39 is 0 Å². The van der Waals surface area contributed by atoms with Crippen molar-refractivity contribution in [3.8, 4) is 11.5 Å². The van der Waals surface area contributed by atoms with Crippen LogP contribution in [0.15, 0.2) is 77.3 Å². The Labute approximate surface area is 163 Å². The average molecular weight is 409 g/mol. The number of methoxy groups -OCH3 is 2. The molecule has 0 bridgehead atoms. The van der Waals surface area contributed by atoms with Crippen LogP contribution in [0.3, 0.4) is 0 Å². The summed E-state index contributed by atoms with van der Waals surface area (Å²) in [6.45, 7) is 0. The molecule has 0 N–H and O–H groups in total. The smallest absolute Gasteiger partial charge is 0.126 e. The van der Waals surface area contributed by atoms with Crippen molar-refractivity contribution in [1.29, 1.82) is 0 Å². The molecule has 3 aromatic carbocycles. The molecule has 2 nitrogen and oxygen atoms in total. The van der Waals surface area contributed by atoms with Crippen LogP contribution in [0.25, 0.3) is 11.6 Å². The van der Waals surface area contributed by atoms with E-state index in [0.717, 1.165) is 39.1 Å². The van der Waals surface area contributed by atoms with E-state index in [4.69, 9.17) is 9.47 Å².